The topological polar surface area (TPSA) is 113 Å². The van der Waals surface area contributed by atoms with Crippen molar-refractivity contribution < 1.29 is 29.3 Å². The molecule has 0 aliphatic rings. The molecule has 36 heavy (non-hydrogen) atoms. The second-order valence-corrected chi connectivity index (χ2v) is 8.36. The summed E-state index contributed by atoms with van der Waals surface area (Å²) in [6.07, 6.45) is 2.32. The summed E-state index contributed by atoms with van der Waals surface area (Å²) < 4.78 is 5.36. The largest absolute Gasteiger partial charge is 0.491 e. The number of rotatable bonds is 14. The summed E-state index contributed by atoms with van der Waals surface area (Å²) in [5.74, 6) is -1.04. The number of carbonyl (C=O) groups excluding carboxylic acids is 3. The van der Waals surface area contributed by atoms with Gasteiger partial charge in [0.05, 0.1) is 6.61 Å². The fourth-order valence-corrected chi connectivity index (χ4v) is 3.78. The summed E-state index contributed by atoms with van der Waals surface area (Å²) >= 11 is 0. The van der Waals surface area contributed by atoms with Crippen LogP contribution in [0.25, 0.3) is 11.1 Å². The summed E-state index contributed by atoms with van der Waals surface area (Å²) in [5.41, 5.74) is 3.26. The highest BCUT2D eigenvalue weighted by molar-refractivity contribution is 6.10. The Morgan fingerprint density at radius 3 is 2.03 bits per heavy atom. The maximum absolute atomic E-state index is 12.8. The summed E-state index contributed by atoms with van der Waals surface area (Å²) in [4.78, 5) is 37.6. The quantitative estimate of drug-likeness (QED) is 0.236. The zero-order chi connectivity index (χ0) is 25.8. The van der Waals surface area contributed by atoms with Gasteiger partial charge in [0.2, 0.25) is 0 Å². The van der Waals surface area contributed by atoms with Crippen molar-refractivity contribution in [3.05, 3.63) is 90.0 Å². The molecule has 0 aromatic heterocycles. The smallest absolute Gasteiger partial charge is 0.252 e. The first-order chi connectivity index (χ1) is 17.5. The van der Waals surface area contributed by atoms with Crippen molar-refractivity contribution in [2.24, 2.45) is 0 Å². The number of amides is 1. The third kappa shape index (κ3) is 7.86. The SMILES string of the molecule is O=C(NC(C(=O)CO)C(=O)CCCCc1ccccc1)c1ccc(-c2ccc(OCCO)cc2)cc1. The second kappa shape index (κ2) is 13.9. The van der Waals surface area contributed by atoms with E-state index in [9.17, 15) is 19.5 Å². The lowest BCUT2D eigenvalue weighted by Gasteiger charge is -2.16. The molecule has 0 fully saturated rings. The Labute approximate surface area is 210 Å². The van der Waals surface area contributed by atoms with Gasteiger partial charge in [0.15, 0.2) is 11.6 Å². The molecule has 3 N–H and O–H groups in total. The highest BCUT2D eigenvalue weighted by Gasteiger charge is 2.27. The number of aryl methyl sites for hydroxylation is 1. The van der Waals surface area contributed by atoms with Gasteiger partial charge in [-0.2, -0.15) is 0 Å². The van der Waals surface area contributed by atoms with Crippen LogP contribution >= 0.6 is 0 Å². The number of carbonyl (C=O) groups is 3. The number of nitrogens with one attached hydrogen (secondary N) is 1. The molecule has 3 rings (SSSR count). The molecule has 3 aromatic rings. The molecule has 0 aliphatic carbocycles. The molecule has 0 spiro atoms. The van der Waals surface area contributed by atoms with Crippen LogP contribution in [0.3, 0.4) is 0 Å². The highest BCUT2D eigenvalue weighted by Crippen LogP contribution is 2.23. The van der Waals surface area contributed by atoms with Crippen LogP contribution in [-0.4, -0.2) is 53.5 Å². The van der Waals surface area contributed by atoms with E-state index in [2.05, 4.69) is 5.32 Å². The summed E-state index contributed by atoms with van der Waals surface area (Å²) in [6, 6.07) is 22.6. The Morgan fingerprint density at radius 1 is 0.778 bits per heavy atom. The minimum absolute atomic E-state index is 0.0596. The molecular formula is C29H31NO6. The fraction of sp³-hybridized carbons (Fsp3) is 0.276. The molecule has 1 unspecified atom stereocenters. The minimum atomic E-state index is -1.37. The zero-order valence-corrected chi connectivity index (χ0v) is 20.1. The molecule has 188 valence electrons. The Morgan fingerprint density at radius 2 is 1.42 bits per heavy atom. The molecule has 0 heterocycles. The van der Waals surface area contributed by atoms with Crippen molar-refractivity contribution in [1.29, 1.82) is 0 Å². The number of Topliss-reactive ketones (excluding diaryl/α,β-unsaturated/α-hetero) is 2. The predicted octanol–water partition coefficient (Wildman–Crippen LogP) is 3.37. The van der Waals surface area contributed by atoms with Gasteiger partial charge < -0.3 is 20.3 Å². The van der Waals surface area contributed by atoms with Crippen molar-refractivity contribution in [3.63, 3.8) is 0 Å². The van der Waals surface area contributed by atoms with Crippen molar-refractivity contribution in [1.82, 2.24) is 5.32 Å². The normalized spacial score (nSPS) is 11.5. The van der Waals surface area contributed by atoms with Crippen LogP contribution in [0.2, 0.25) is 0 Å². The van der Waals surface area contributed by atoms with Gasteiger partial charge >= 0.3 is 0 Å². The predicted molar refractivity (Wildman–Crippen MR) is 137 cm³/mol. The Kier molecular flexibility index (Phi) is 10.4. The maximum atomic E-state index is 12.8. The number of unbranched alkanes of at least 4 members (excludes halogenated alkanes) is 1. The van der Waals surface area contributed by atoms with Crippen LogP contribution in [0.4, 0.5) is 0 Å². The van der Waals surface area contributed by atoms with Crippen LogP contribution in [0, 0.1) is 0 Å². The van der Waals surface area contributed by atoms with E-state index in [1.165, 1.54) is 5.56 Å². The lowest BCUT2D eigenvalue weighted by Crippen LogP contribution is -2.47. The van der Waals surface area contributed by atoms with E-state index in [-0.39, 0.29) is 19.6 Å². The van der Waals surface area contributed by atoms with Gasteiger partial charge in [0.25, 0.3) is 5.91 Å². The van der Waals surface area contributed by atoms with Gasteiger partial charge in [0, 0.05) is 12.0 Å². The van der Waals surface area contributed by atoms with E-state index in [1.807, 2.05) is 42.5 Å². The number of ether oxygens (including phenoxy) is 1. The van der Waals surface area contributed by atoms with E-state index in [4.69, 9.17) is 9.84 Å². The van der Waals surface area contributed by atoms with Crippen molar-refractivity contribution >= 4 is 17.5 Å². The first kappa shape index (κ1) is 26.8. The number of aliphatic hydroxyl groups is 2. The van der Waals surface area contributed by atoms with E-state index in [0.717, 1.165) is 24.0 Å². The molecule has 0 saturated heterocycles. The molecular weight excluding hydrogens is 458 g/mol. The van der Waals surface area contributed by atoms with E-state index in [0.29, 0.717) is 17.7 Å². The van der Waals surface area contributed by atoms with E-state index >= 15 is 0 Å². The monoisotopic (exact) mass is 489 g/mol. The molecule has 1 amide bonds. The Bertz CT molecular complexity index is 1130. The molecule has 1 atom stereocenters. The number of aliphatic hydroxyl groups excluding tert-OH is 2. The first-order valence-corrected chi connectivity index (χ1v) is 12.0. The standard InChI is InChI=1S/C29H31NO6/c31-18-19-36-25-16-14-23(15-17-25)22-10-12-24(13-11-22)29(35)30-28(27(34)20-32)26(33)9-5-4-8-21-6-2-1-3-7-21/h1-3,6-7,10-17,28,31-32H,4-5,8-9,18-20H2,(H,30,35). The van der Waals surface area contributed by atoms with Gasteiger partial charge in [-0.05, 0) is 60.2 Å². The van der Waals surface area contributed by atoms with Crippen LogP contribution in [0.1, 0.15) is 35.2 Å². The van der Waals surface area contributed by atoms with Gasteiger partial charge in [-0.1, -0.05) is 54.6 Å². The lowest BCUT2D eigenvalue weighted by atomic mass is 10.00. The lowest BCUT2D eigenvalue weighted by molar-refractivity contribution is -0.131. The molecule has 3 aromatic carbocycles. The highest BCUT2D eigenvalue weighted by atomic mass is 16.5. The number of benzene rings is 3. The molecule has 7 heteroatoms. The average Bonchev–Trinajstić information content (AvgIpc) is 2.93. The Hall–Kier alpha value is -3.81. The van der Waals surface area contributed by atoms with Crippen molar-refractivity contribution in [3.8, 4) is 16.9 Å². The van der Waals surface area contributed by atoms with Crippen LogP contribution < -0.4 is 10.1 Å². The minimum Gasteiger partial charge on any atom is -0.491 e. The fourth-order valence-electron chi connectivity index (χ4n) is 3.78. The van der Waals surface area contributed by atoms with Gasteiger partial charge in [-0.15, -0.1) is 0 Å². The molecule has 0 radical (unpaired) electrons. The average molecular weight is 490 g/mol. The Balaban J connectivity index is 1.57. The summed E-state index contributed by atoms with van der Waals surface area (Å²) in [7, 11) is 0. The number of hydrogen-bond donors (Lipinski definition) is 3. The van der Waals surface area contributed by atoms with Crippen molar-refractivity contribution in [2.45, 2.75) is 31.7 Å². The molecule has 0 aliphatic heterocycles. The summed E-state index contributed by atoms with van der Waals surface area (Å²) in [6.45, 7) is -0.660. The first-order valence-electron chi connectivity index (χ1n) is 12.0. The second-order valence-electron chi connectivity index (χ2n) is 8.36. The third-order valence-corrected chi connectivity index (χ3v) is 5.75. The van der Waals surface area contributed by atoms with E-state index < -0.39 is 30.1 Å². The van der Waals surface area contributed by atoms with E-state index in [1.54, 1.807) is 36.4 Å². The maximum Gasteiger partial charge on any atom is 0.252 e. The van der Waals surface area contributed by atoms with Gasteiger partial charge in [-0.25, -0.2) is 0 Å². The third-order valence-electron chi connectivity index (χ3n) is 5.75. The molecule has 7 nitrogen and oxygen atoms in total. The zero-order valence-electron chi connectivity index (χ0n) is 20.1. The van der Waals surface area contributed by atoms with Crippen molar-refractivity contribution in [2.75, 3.05) is 19.8 Å². The van der Waals surface area contributed by atoms with Gasteiger partial charge in [-0.3, -0.25) is 14.4 Å². The molecule has 0 saturated carbocycles. The number of ketones is 2. The van der Waals surface area contributed by atoms with Crippen LogP contribution in [0.15, 0.2) is 78.9 Å². The van der Waals surface area contributed by atoms with Crippen LogP contribution in [-0.2, 0) is 16.0 Å². The van der Waals surface area contributed by atoms with Crippen LogP contribution in [0.5, 0.6) is 5.75 Å². The van der Waals surface area contributed by atoms with Gasteiger partial charge in [0.1, 0.15) is 25.0 Å². The summed E-state index contributed by atoms with van der Waals surface area (Å²) in [5, 5.41) is 20.6. The number of hydrogen-bond acceptors (Lipinski definition) is 6. The molecule has 0 bridgehead atoms.